The van der Waals surface area contributed by atoms with Crippen molar-refractivity contribution in [1.82, 2.24) is 9.97 Å². The highest BCUT2D eigenvalue weighted by molar-refractivity contribution is 9.10. The Morgan fingerprint density at radius 2 is 2.35 bits per heavy atom. The first-order valence-corrected chi connectivity index (χ1v) is 7.15. The second kappa shape index (κ2) is 4.48. The molecular formula is C12H11BrN2OS. The van der Waals surface area contributed by atoms with Gasteiger partial charge in [-0.3, -0.25) is 4.98 Å². The molecule has 1 aliphatic carbocycles. The van der Waals surface area contributed by atoms with E-state index in [1.54, 1.807) is 17.5 Å². The van der Waals surface area contributed by atoms with Crippen molar-refractivity contribution in [3.05, 3.63) is 33.4 Å². The molecule has 17 heavy (non-hydrogen) atoms. The topological polar surface area (TPSA) is 46.0 Å². The largest absolute Gasteiger partial charge is 0.388 e. The van der Waals surface area contributed by atoms with Gasteiger partial charge in [-0.15, -0.1) is 11.3 Å². The molecule has 1 N–H and O–H groups in total. The van der Waals surface area contributed by atoms with Crippen molar-refractivity contribution in [1.29, 1.82) is 0 Å². The molecule has 0 radical (unpaired) electrons. The molecule has 0 spiro atoms. The lowest BCUT2D eigenvalue weighted by Gasteiger charge is -2.14. The number of thiazole rings is 1. The van der Waals surface area contributed by atoms with E-state index in [0.29, 0.717) is 0 Å². The predicted octanol–water partition coefficient (Wildman–Crippen LogP) is 3.34. The molecule has 5 heteroatoms. The molecule has 2 aromatic heterocycles. The molecule has 0 saturated heterocycles. The summed E-state index contributed by atoms with van der Waals surface area (Å²) in [6, 6.07) is 3.84. The molecule has 1 unspecified atom stereocenters. The number of aliphatic hydroxyl groups excluding tert-OH is 1. The van der Waals surface area contributed by atoms with Crippen LogP contribution in [0.25, 0.3) is 10.7 Å². The third-order valence-corrected chi connectivity index (χ3v) is 4.73. The SMILES string of the molecule is OC1CCCc2nc(-c3ncccc3Br)sc21. The lowest BCUT2D eigenvalue weighted by atomic mass is 10.0. The lowest BCUT2D eigenvalue weighted by Crippen LogP contribution is -2.06. The molecular weight excluding hydrogens is 300 g/mol. The minimum atomic E-state index is -0.340. The van der Waals surface area contributed by atoms with E-state index in [1.807, 2.05) is 12.1 Å². The quantitative estimate of drug-likeness (QED) is 0.878. The summed E-state index contributed by atoms with van der Waals surface area (Å²) < 4.78 is 0.945. The summed E-state index contributed by atoms with van der Waals surface area (Å²) in [6.45, 7) is 0. The maximum Gasteiger partial charge on any atom is 0.143 e. The van der Waals surface area contributed by atoms with E-state index in [0.717, 1.165) is 45.0 Å². The van der Waals surface area contributed by atoms with Crippen LogP contribution < -0.4 is 0 Å². The highest BCUT2D eigenvalue weighted by Crippen LogP contribution is 2.38. The van der Waals surface area contributed by atoms with Crippen LogP contribution in [-0.2, 0) is 6.42 Å². The second-order valence-corrected chi connectivity index (χ2v) is 5.96. The molecule has 1 aliphatic rings. The standard InChI is InChI=1S/C12H11BrN2OS/c13-7-3-2-6-14-10(7)12-15-8-4-1-5-9(16)11(8)17-12/h2-3,6,9,16H,1,4-5H2. The van der Waals surface area contributed by atoms with Crippen LogP contribution in [-0.4, -0.2) is 15.1 Å². The molecule has 0 saturated carbocycles. The highest BCUT2D eigenvalue weighted by atomic mass is 79.9. The molecule has 3 nitrogen and oxygen atoms in total. The Morgan fingerprint density at radius 1 is 1.47 bits per heavy atom. The Bertz CT molecular complexity index is 555. The van der Waals surface area contributed by atoms with Crippen molar-refractivity contribution in [2.24, 2.45) is 0 Å². The summed E-state index contributed by atoms with van der Waals surface area (Å²) in [7, 11) is 0. The van der Waals surface area contributed by atoms with Gasteiger partial charge in [0.05, 0.1) is 16.7 Å². The zero-order valence-corrected chi connectivity index (χ0v) is 11.5. The number of halogens is 1. The number of aliphatic hydroxyl groups is 1. The van der Waals surface area contributed by atoms with Crippen molar-refractivity contribution in [2.75, 3.05) is 0 Å². The number of aromatic nitrogens is 2. The predicted molar refractivity (Wildman–Crippen MR) is 70.9 cm³/mol. The van der Waals surface area contributed by atoms with Crippen LogP contribution in [0.2, 0.25) is 0 Å². The maximum atomic E-state index is 9.93. The Hall–Kier alpha value is -0.780. The van der Waals surface area contributed by atoms with E-state index < -0.39 is 0 Å². The number of pyridine rings is 1. The van der Waals surface area contributed by atoms with E-state index in [-0.39, 0.29) is 6.10 Å². The zero-order chi connectivity index (χ0) is 11.8. The maximum absolute atomic E-state index is 9.93. The fraction of sp³-hybridized carbons (Fsp3) is 0.333. The fourth-order valence-corrected chi connectivity index (χ4v) is 3.76. The Morgan fingerprint density at radius 3 is 3.12 bits per heavy atom. The monoisotopic (exact) mass is 310 g/mol. The molecule has 0 aromatic carbocycles. The summed E-state index contributed by atoms with van der Waals surface area (Å²) in [6.07, 6.45) is 4.25. The summed E-state index contributed by atoms with van der Waals surface area (Å²) in [5, 5.41) is 10.8. The van der Waals surface area contributed by atoms with Gasteiger partial charge in [0.15, 0.2) is 0 Å². The van der Waals surface area contributed by atoms with Gasteiger partial charge in [0, 0.05) is 10.7 Å². The average Bonchev–Trinajstić information content (AvgIpc) is 2.75. The van der Waals surface area contributed by atoms with E-state index in [2.05, 4.69) is 25.9 Å². The van der Waals surface area contributed by atoms with Gasteiger partial charge in [0.1, 0.15) is 10.7 Å². The Kier molecular flexibility index (Phi) is 2.98. The number of nitrogens with zero attached hydrogens (tertiary/aromatic N) is 2. The summed E-state index contributed by atoms with van der Waals surface area (Å²) in [4.78, 5) is 9.95. The third kappa shape index (κ3) is 2.03. The average molecular weight is 311 g/mol. The van der Waals surface area contributed by atoms with Crippen LogP contribution in [0.3, 0.4) is 0 Å². The second-order valence-electron chi connectivity index (χ2n) is 4.07. The Balaban J connectivity index is 2.08. The van der Waals surface area contributed by atoms with E-state index in [1.165, 1.54) is 0 Å². The summed E-state index contributed by atoms with van der Waals surface area (Å²) in [5.74, 6) is 0. The smallest absolute Gasteiger partial charge is 0.143 e. The van der Waals surface area contributed by atoms with Crippen LogP contribution in [0.5, 0.6) is 0 Å². The number of fused-ring (bicyclic) bond motifs is 1. The van der Waals surface area contributed by atoms with Crippen molar-refractivity contribution < 1.29 is 5.11 Å². The van der Waals surface area contributed by atoms with Gasteiger partial charge in [-0.1, -0.05) is 0 Å². The highest BCUT2D eigenvalue weighted by Gasteiger charge is 2.23. The molecule has 0 aliphatic heterocycles. The van der Waals surface area contributed by atoms with Gasteiger partial charge in [0.2, 0.25) is 0 Å². The summed E-state index contributed by atoms with van der Waals surface area (Å²) in [5.41, 5.74) is 1.90. The van der Waals surface area contributed by atoms with E-state index in [9.17, 15) is 5.11 Å². The van der Waals surface area contributed by atoms with E-state index >= 15 is 0 Å². The molecule has 2 heterocycles. The van der Waals surface area contributed by atoms with Crippen LogP contribution >= 0.6 is 27.3 Å². The van der Waals surface area contributed by atoms with Crippen molar-refractivity contribution in [3.63, 3.8) is 0 Å². The lowest BCUT2D eigenvalue weighted by molar-refractivity contribution is 0.160. The van der Waals surface area contributed by atoms with Crippen molar-refractivity contribution >= 4 is 27.3 Å². The Labute approximate surface area is 112 Å². The van der Waals surface area contributed by atoms with E-state index in [4.69, 9.17) is 0 Å². The number of rotatable bonds is 1. The van der Waals surface area contributed by atoms with Gasteiger partial charge in [-0.05, 0) is 47.3 Å². The molecule has 88 valence electrons. The molecule has 0 amide bonds. The molecule has 3 rings (SSSR count). The van der Waals surface area contributed by atoms with Gasteiger partial charge in [-0.25, -0.2) is 4.98 Å². The van der Waals surface area contributed by atoms with Crippen molar-refractivity contribution in [3.8, 4) is 10.7 Å². The third-order valence-electron chi connectivity index (χ3n) is 2.88. The fourth-order valence-electron chi connectivity index (χ4n) is 2.04. The summed E-state index contributed by atoms with van der Waals surface area (Å²) >= 11 is 5.04. The van der Waals surface area contributed by atoms with Gasteiger partial charge in [0.25, 0.3) is 0 Å². The van der Waals surface area contributed by atoms with Gasteiger partial charge in [-0.2, -0.15) is 0 Å². The van der Waals surface area contributed by atoms with Crippen LogP contribution in [0.1, 0.15) is 29.5 Å². The first kappa shape index (κ1) is 11.3. The van der Waals surface area contributed by atoms with Crippen LogP contribution in [0.4, 0.5) is 0 Å². The normalized spacial score (nSPS) is 19.1. The first-order chi connectivity index (χ1) is 8.25. The van der Waals surface area contributed by atoms with Gasteiger partial charge >= 0.3 is 0 Å². The van der Waals surface area contributed by atoms with Crippen LogP contribution in [0, 0.1) is 0 Å². The molecule has 1 atom stereocenters. The minimum Gasteiger partial charge on any atom is -0.388 e. The number of hydrogen-bond donors (Lipinski definition) is 1. The molecule has 2 aromatic rings. The molecule has 0 bridgehead atoms. The minimum absolute atomic E-state index is 0.340. The number of aryl methyl sites for hydroxylation is 1. The van der Waals surface area contributed by atoms with Crippen molar-refractivity contribution in [2.45, 2.75) is 25.4 Å². The van der Waals surface area contributed by atoms with Gasteiger partial charge < -0.3 is 5.11 Å². The number of hydrogen-bond acceptors (Lipinski definition) is 4. The molecule has 0 fully saturated rings. The zero-order valence-electron chi connectivity index (χ0n) is 9.06. The first-order valence-electron chi connectivity index (χ1n) is 5.54. The van der Waals surface area contributed by atoms with Crippen LogP contribution in [0.15, 0.2) is 22.8 Å².